The third-order valence-corrected chi connectivity index (χ3v) is 0.335. The lowest BCUT2D eigenvalue weighted by atomic mass is 10.7. The molecule has 0 aromatic heterocycles. The molecule has 7 heavy (non-hydrogen) atoms. The summed E-state index contributed by atoms with van der Waals surface area (Å²) in [5.74, 6) is 0.659. The number of esters is 1. The predicted molar refractivity (Wildman–Crippen MR) is 20.9 cm³/mol. The molecule has 0 bridgehead atoms. The molecule has 0 atom stereocenters. The van der Waals surface area contributed by atoms with Crippen LogP contribution in [0.15, 0.2) is 0 Å². The quantitative estimate of drug-likeness (QED) is 0.320. The van der Waals surface area contributed by atoms with Gasteiger partial charge < -0.3 is 4.74 Å². The van der Waals surface area contributed by atoms with Crippen LogP contribution in [-0.2, 0) is 9.53 Å². The van der Waals surface area contributed by atoms with Gasteiger partial charge in [-0.25, -0.2) is 4.79 Å². The van der Waals surface area contributed by atoms with Crippen LogP contribution in [0.4, 0.5) is 4.39 Å². The SMILES string of the molecule is COC(=O)C#CF. The van der Waals surface area contributed by atoms with Gasteiger partial charge in [0, 0.05) is 0 Å². The standard InChI is InChI=1S/C4H3FO2/c1-7-4(6)2-3-5/h1H3. The monoisotopic (exact) mass is 102 g/mol. The van der Waals surface area contributed by atoms with E-state index in [9.17, 15) is 9.18 Å². The molecule has 0 N–H and O–H groups in total. The van der Waals surface area contributed by atoms with E-state index < -0.39 is 5.97 Å². The van der Waals surface area contributed by atoms with E-state index in [1.54, 1.807) is 0 Å². The van der Waals surface area contributed by atoms with Gasteiger partial charge in [-0.15, -0.1) is 4.39 Å². The lowest BCUT2D eigenvalue weighted by molar-refractivity contribution is -0.133. The third kappa shape index (κ3) is 2.77. The maximum Gasteiger partial charge on any atom is 0.386 e. The van der Waals surface area contributed by atoms with E-state index in [1.165, 1.54) is 5.92 Å². The molecule has 0 radical (unpaired) electrons. The van der Waals surface area contributed by atoms with Crippen LogP contribution in [0.3, 0.4) is 0 Å². The summed E-state index contributed by atoms with van der Waals surface area (Å²) in [6, 6.07) is 0. The van der Waals surface area contributed by atoms with Crippen molar-refractivity contribution in [1.82, 2.24) is 0 Å². The molecule has 0 saturated heterocycles. The van der Waals surface area contributed by atoms with Crippen molar-refractivity contribution in [2.75, 3.05) is 7.11 Å². The van der Waals surface area contributed by atoms with Gasteiger partial charge in [-0.2, -0.15) is 0 Å². The van der Waals surface area contributed by atoms with Crippen molar-refractivity contribution < 1.29 is 13.9 Å². The predicted octanol–water partition coefficient (Wildman–Crippen LogP) is 0.0898. The van der Waals surface area contributed by atoms with Crippen molar-refractivity contribution >= 4 is 5.97 Å². The Balaban J connectivity index is 3.52. The zero-order valence-corrected chi connectivity index (χ0v) is 3.69. The molecule has 0 fully saturated rings. The minimum atomic E-state index is -0.859. The highest BCUT2D eigenvalue weighted by Crippen LogP contribution is 1.65. The summed E-state index contributed by atoms with van der Waals surface area (Å²) in [5.41, 5.74) is 0. The fraction of sp³-hybridized carbons (Fsp3) is 0.250. The van der Waals surface area contributed by atoms with Crippen LogP contribution in [0.5, 0.6) is 0 Å². The second kappa shape index (κ2) is 3.16. The fourth-order valence-electron chi connectivity index (χ4n) is 0.0896. The minimum absolute atomic E-state index is 0.859. The van der Waals surface area contributed by atoms with Crippen molar-refractivity contribution in [3.8, 4) is 12.1 Å². The number of rotatable bonds is 0. The molecule has 0 unspecified atom stereocenters. The molecule has 0 spiro atoms. The van der Waals surface area contributed by atoms with E-state index in [0.29, 0.717) is 0 Å². The van der Waals surface area contributed by atoms with Gasteiger partial charge in [0.15, 0.2) is 0 Å². The molecular formula is C4H3FO2. The van der Waals surface area contributed by atoms with Crippen molar-refractivity contribution in [1.29, 1.82) is 0 Å². The van der Waals surface area contributed by atoms with E-state index in [0.717, 1.165) is 13.3 Å². The Kier molecular flexibility index (Phi) is 2.69. The molecule has 0 amide bonds. The molecule has 0 saturated carbocycles. The van der Waals surface area contributed by atoms with Crippen molar-refractivity contribution in [2.45, 2.75) is 0 Å². The Morgan fingerprint density at radius 3 is 2.57 bits per heavy atom. The van der Waals surface area contributed by atoms with Gasteiger partial charge in [0.25, 0.3) is 0 Å². The molecule has 0 aliphatic rings. The summed E-state index contributed by atoms with van der Waals surface area (Å²) >= 11 is 0. The zero-order valence-electron chi connectivity index (χ0n) is 3.69. The molecule has 0 heterocycles. The van der Waals surface area contributed by atoms with Gasteiger partial charge in [-0.3, -0.25) is 0 Å². The molecular weight excluding hydrogens is 99.0 g/mol. The summed E-state index contributed by atoms with van der Waals surface area (Å²) in [7, 11) is 1.13. The Morgan fingerprint density at radius 1 is 1.86 bits per heavy atom. The topological polar surface area (TPSA) is 26.3 Å². The van der Waals surface area contributed by atoms with Gasteiger partial charge in [-0.05, 0) is 0 Å². The molecule has 0 aromatic carbocycles. The van der Waals surface area contributed by atoms with Crippen molar-refractivity contribution in [3.63, 3.8) is 0 Å². The van der Waals surface area contributed by atoms with Crippen molar-refractivity contribution in [2.24, 2.45) is 0 Å². The van der Waals surface area contributed by atoms with Crippen LogP contribution >= 0.6 is 0 Å². The summed E-state index contributed by atoms with van der Waals surface area (Å²) < 4.78 is 14.7. The number of halogens is 1. The Hall–Kier alpha value is -1.04. The molecule has 0 aliphatic carbocycles. The van der Waals surface area contributed by atoms with E-state index >= 15 is 0 Å². The van der Waals surface area contributed by atoms with Crippen LogP contribution in [0.25, 0.3) is 0 Å². The van der Waals surface area contributed by atoms with E-state index in [1.807, 2.05) is 0 Å². The number of hydrogen-bond donors (Lipinski definition) is 0. The molecule has 0 aromatic rings. The minimum Gasteiger partial charge on any atom is -0.459 e. The average molecular weight is 102 g/mol. The largest absolute Gasteiger partial charge is 0.459 e. The molecule has 0 rings (SSSR count). The van der Waals surface area contributed by atoms with Crippen LogP contribution in [-0.4, -0.2) is 13.1 Å². The van der Waals surface area contributed by atoms with E-state index in [2.05, 4.69) is 4.74 Å². The number of carbonyl (C=O) groups is 1. The van der Waals surface area contributed by atoms with Gasteiger partial charge in [0.1, 0.15) is 6.17 Å². The van der Waals surface area contributed by atoms with Crippen LogP contribution < -0.4 is 0 Å². The first kappa shape index (κ1) is 5.96. The first-order valence-corrected chi connectivity index (χ1v) is 1.51. The van der Waals surface area contributed by atoms with Crippen molar-refractivity contribution in [3.05, 3.63) is 0 Å². The van der Waals surface area contributed by atoms with Crippen LogP contribution in [0.2, 0.25) is 0 Å². The maximum absolute atomic E-state index is 10.8. The smallest absolute Gasteiger partial charge is 0.386 e. The summed E-state index contributed by atoms with van der Waals surface area (Å²) in [6.45, 7) is 0. The molecule has 2 nitrogen and oxygen atoms in total. The normalized spacial score (nSPS) is 6.00. The van der Waals surface area contributed by atoms with Gasteiger partial charge in [-0.1, -0.05) is 0 Å². The zero-order chi connectivity index (χ0) is 5.70. The number of methoxy groups -OCH3 is 1. The highest BCUT2D eigenvalue weighted by molar-refractivity contribution is 5.87. The average Bonchev–Trinajstić information content (AvgIpc) is 1.68. The van der Waals surface area contributed by atoms with E-state index in [4.69, 9.17) is 0 Å². The molecule has 0 aliphatic heterocycles. The number of hydrogen-bond acceptors (Lipinski definition) is 2. The van der Waals surface area contributed by atoms with Gasteiger partial charge in [0.2, 0.25) is 0 Å². The number of carbonyl (C=O) groups excluding carboxylic acids is 1. The highest BCUT2D eigenvalue weighted by atomic mass is 19.1. The Labute approximate surface area is 40.3 Å². The first-order valence-electron chi connectivity index (χ1n) is 1.51. The Bertz CT molecular complexity index is 119. The number of ether oxygens (including phenoxy) is 1. The summed E-state index contributed by atoms with van der Waals surface area (Å²) in [6.07, 6.45) is 0.894. The summed E-state index contributed by atoms with van der Waals surface area (Å²) in [4.78, 5) is 9.78. The molecule has 3 heteroatoms. The van der Waals surface area contributed by atoms with Gasteiger partial charge in [0.05, 0.1) is 13.0 Å². The van der Waals surface area contributed by atoms with Crippen LogP contribution in [0, 0.1) is 12.1 Å². The summed E-state index contributed by atoms with van der Waals surface area (Å²) in [5, 5.41) is 0. The lowest BCUT2D eigenvalue weighted by Crippen LogP contribution is -1.93. The first-order chi connectivity index (χ1) is 3.31. The third-order valence-electron chi connectivity index (χ3n) is 0.335. The Morgan fingerprint density at radius 2 is 2.43 bits per heavy atom. The van der Waals surface area contributed by atoms with Crippen LogP contribution in [0.1, 0.15) is 0 Å². The lowest BCUT2D eigenvalue weighted by Gasteiger charge is -1.80. The van der Waals surface area contributed by atoms with E-state index in [-0.39, 0.29) is 0 Å². The second-order valence-electron chi connectivity index (χ2n) is 0.711. The second-order valence-corrected chi connectivity index (χ2v) is 0.711. The molecule has 38 valence electrons. The maximum atomic E-state index is 10.8. The highest BCUT2D eigenvalue weighted by Gasteiger charge is 1.85. The van der Waals surface area contributed by atoms with Gasteiger partial charge >= 0.3 is 5.97 Å². The fourth-order valence-corrected chi connectivity index (χ4v) is 0.0896.